The maximum Gasteiger partial charge on any atom is 0.146 e. The lowest BCUT2D eigenvalue weighted by atomic mass is 9.62. The predicted molar refractivity (Wildman–Crippen MR) is 80.2 cm³/mol. The third kappa shape index (κ3) is 2.18. The monoisotopic (exact) mass is 290 g/mol. The SMILES string of the molecule is CCCC12CCCCC(Cc3c(F)cc(OC)cc31)C2=O. The fraction of sp³-hybridized carbons (Fsp3) is 0.611. The second-order valence-corrected chi connectivity index (χ2v) is 6.48. The Kier molecular flexibility index (Phi) is 3.76. The van der Waals surface area contributed by atoms with Crippen LogP contribution in [0, 0.1) is 11.7 Å². The van der Waals surface area contributed by atoms with Crippen molar-refractivity contribution in [1.29, 1.82) is 0 Å². The first kappa shape index (κ1) is 14.6. The molecule has 0 spiro atoms. The fourth-order valence-corrected chi connectivity index (χ4v) is 4.34. The van der Waals surface area contributed by atoms with E-state index in [1.807, 2.05) is 6.07 Å². The number of carbonyl (C=O) groups is 1. The molecule has 0 aliphatic heterocycles. The third-order valence-corrected chi connectivity index (χ3v) is 5.30. The van der Waals surface area contributed by atoms with Crippen molar-refractivity contribution in [2.24, 2.45) is 5.92 Å². The van der Waals surface area contributed by atoms with Crippen LogP contribution in [0.5, 0.6) is 5.75 Å². The smallest absolute Gasteiger partial charge is 0.146 e. The van der Waals surface area contributed by atoms with Gasteiger partial charge in [0.15, 0.2) is 0 Å². The highest BCUT2D eigenvalue weighted by molar-refractivity contribution is 5.94. The number of methoxy groups -OCH3 is 1. The molecular weight excluding hydrogens is 267 g/mol. The largest absolute Gasteiger partial charge is 0.497 e. The molecule has 2 aliphatic rings. The number of fused-ring (bicyclic) bond motifs is 4. The lowest BCUT2D eigenvalue weighted by molar-refractivity contribution is -0.129. The van der Waals surface area contributed by atoms with Crippen LogP contribution < -0.4 is 4.74 Å². The van der Waals surface area contributed by atoms with E-state index in [0.29, 0.717) is 18.0 Å². The summed E-state index contributed by atoms with van der Waals surface area (Å²) in [4.78, 5) is 13.0. The summed E-state index contributed by atoms with van der Waals surface area (Å²) in [5, 5.41) is 0. The molecule has 1 fully saturated rings. The van der Waals surface area contributed by atoms with Gasteiger partial charge >= 0.3 is 0 Å². The molecule has 21 heavy (non-hydrogen) atoms. The van der Waals surface area contributed by atoms with Crippen molar-refractivity contribution in [1.82, 2.24) is 0 Å². The molecule has 114 valence electrons. The minimum atomic E-state index is -0.473. The van der Waals surface area contributed by atoms with E-state index >= 15 is 0 Å². The molecular formula is C18H23FO2. The van der Waals surface area contributed by atoms with Gasteiger partial charge in [-0.15, -0.1) is 0 Å². The molecule has 1 aromatic carbocycles. The average molecular weight is 290 g/mol. The van der Waals surface area contributed by atoms with Gasteiger partial charge in [-0.25, -0.2) is 4.39 Å². The Morgan fingerprint density at radius 3 is 2.90 bits per heavy atom. The second kappa shape index (κ2) is 5.43. The number of Topliss-reactive ketones (excluding diaryl/α,β-unsaturated/α-hetero) is 1. The second-order valence-electron chi connectivity index (χ2n) is 6.48. The molecule has 2 nitrogen and oxygen atoms in total. The molecule has 0 radical (unpaired) electrons. The van der Waals surface area contributed by atoms with Crippen LogP contribution in [0.1, 0.15) is 56.6 Å². The van der Waals surface area contributed by atoms with Crippen LogP contribution in [0.3, 0.4) is 0 Å². The molecule has 2 bridgehead atoms. The van der Waals surface area contributed by atoms with Gasteiger partial charge in [-0.05, 0) is 42.9 Å². The number of hydrogen-bond acceptors (Lipinski definition) is 2. The number of ether oxygens (including phenoxy) is 1. The summed E-state index contributed by atoms with van der Waals surface area (Å²) in [5.74, 6) is 0.679. The molecule has 2 aliphatic carbocycles. The number of ketones is 1. The Labute approximate surface area is 125 Å². The maximum absolute atomic E-state index is 14.5. The highest BCUT2D eigenvalue weighted by atomic mass is 19.1. The Morgan fingerprint density at radius 2 is 2.19 bits per heavy atom. The van der Waals surface area contributed by atoms with E-state index in [9.17, 15) is 9.18 Å². The molecule has 3 rings (SSSR count). The summed E-state index contributed by atoms with van der Waals surface area (Å²) in [6.45, 7) is 2.10. The van der Waals surface area contributed by atoms with E-state index in [1.165, 1.54) is 6.07 Å². The summed E-state index contributed by atoms with van der Waals surface area (Å²) in [7, 11) is 1.55. The van der Waals surface area contributed by atoms with Crippen molar-refractivity contribution < 1.29 is 13.9 Å². The lowest BCUT2D eigenvalue weighted by Gasteiger charge is -2.40. The maximum atomic E-state index is 14.5. The van der Waals surface area contributed by atoms with Gasteiger partial charge in [0, 0.05) is 12.0 Å². The molecule has 1 saturated carbocycles. The van der Waals surface area contributed by atoms with Crippen molar-refractivity contribution in [3.8, 4) is 5.75 Å². The van der Waals surface area contributed by atoms with Gasteiger partial charge in [0.1, 0.15) is 17.3 Å². The first-order chi connectivity index (χ1) is 10.1. The summed E-state index contributed by atoms with van der Waals surface area (Å²) < 4.78 is 19.7. The summed E-state index contributed by atoms with van der Waals surface area (Å²) in [6.07, 6.45) is 6.23. The molecule has 0 N–H and O–H groups in total. The topological polar surface area (TPSA) is 26.3 Å². The van der Waals surface area contributed by atoms with Crippen LogP contribution in [-0.4, -0.2) is 12.9 Å². The normalized spacial score (nSPS) is 28.0. The number of halogens is 1. The summed E-state index contributed by atoms with van der Waals surface area (Å²) in [6, 6.07) is 3.37. The Balaban J connectivity index is 2.23. The van der Waals surface area contributed by atoms with Gasteiger partial charge in [-0.1, -0.05) is 26.2 Å². The zero-order valence-corrected chi connectivity index (χ0v) is 12.9. The van der Waals surface area contributed by atoms with E-state index in [1.54, 1.807) is 7.11 Å². The minimum absolute atomic E-state index is 0.00875. The van der Waals surface area contributed by atoms with Crippen molar-refractivity contribution in [2.45, 2.75) is 57.3 Å². The van der Waals surface area contributed by atoms with Crippen molar-refractivity contribution in [3.05, 3.63) is 29.1 Å². The molecule has 2 unspecified atom stereocenters. The van der Waals surface area contributed by atoms with Crippen molar-refractivity contribution >= 4 is 5.78 Å². The van der Waals surface area contributed by atoms with Crippen LogP contribution in [-0.2, 0) is 16.6 Å². The minimum Gasteiger partial charge on any atom is -0.497 e. The fourth-order valence-electron chi connectivity index (χ4n) is 4.34. The Bertz CT molecular complexity index is 567. The van der Waals surface area contributed by atoms with Crippen LogP contribution in [0.25, 0.3) is 0 Å². The van der Waals surface area contributed by atoms with Gasteiger partial charge in [0.05, 0.1) is 12.5 Å². The van der Waals surface area contributed by atoms with Crippen LogP contribution in [0.15, 0.2) is 12.1 Å². The van der Waals surface area contributed by atoms with Gasteiger partial charge in [0.2, 0.25) is 0 Å². The molecule has 3 heteroatoms. The van der Waals surface area contributed by atoms with Gasteiger partial charge < -0.3 is 4.74 Å². The van der Waals surface area contributed by atoms with Crippen molar-refractivity contribution in [2.75, 3.05) is 7.11 Å². The first-order valence-corrected chi connectivity index (χ1v) is 8.03. The van der Waals surface area contributed by atoms with E-state index in [4.69, 9.17) is 4.74 Å². The molecule has 0 aromatic heterocycles. The predicted octanol–water partition coefficient (Wildman–Crippen LogP) is 4.19. The number of benzene rings is 1. The number of carbonyl (C=O) groups excluding carboxylic acids is 1. The van der Waals surface area contributed by atoms with Crippen molar-refractivity contribution in [3.63, 3.8) is 0 Å². The number of rotatable bonds is 3. The van der Waals surface area contributed by atoms with Crippen LogP contribution >= 0.6 is 0 Å². The van der Waals surface area contributed by atoms with E-state index in [-0.39, 0.29) is 11.7 Å². The van der Waals surface area contributed by atoms with Crippen LogP contribution in [0.2, 0.25) is 0 Å². The Morgan fingerprint density at radius 1 is 1.38 bits per heavy atom. The molecule has 0 saturated heterocycles. The first-order valence-electron chi connectivity index (χ1n) is 8.03. The van der Waals surface area contributed by atoms with Gasteiger partial charge in [-0.2, -0.15) is 0 Å². The third-order valence-electron chi connectivity index (χ3n) is 5.30. The molecule has 0 amide bonds. The highest BCUT2D eigenvalue weighted by Gasteiger charge is 2.49. The molecule has 1 aromatic rings. The van der Waals surface area contributed by atoms with E-state index in [0.717, 1.165) is 49.7 Å². The quantitative estimate of drug-likeness (QED) is 0.834. The Hall–Kier alpha value is -1.38. The van der Waals surface area contributed by atoms with Crippen LogP contribution in [0.4, 0.5) is 4.39 Å². The van der Waals surface area contributed by atoms with E-state index < -0.39 is 5.41 Å². The summed E-state index contributed by atoms with van der Waals surface area (Å²) >= 11 is 0. The zero-order valence-electron chi connectivity index (χ0n) is 12.9. The number of hydrogen-bond donors (Lipinski definition) is 0. The molecule has 2 atom stereocenters. The average Bonchev–Trinajstić information content (AvgIpc) is 2.57. The summed E-state index contributed by atoms with van der Waals surface area (Å²) in [5.41, 5.74) is 1.19. The van der Waals surface area contributed by atoms with Gasteiger partial charge in [0.25, 0.3) is 0 Å². The lowest BCUT2D eigenvalue weighted by Crippen LogP contribution is -2.44. The standard InChI is InChI=1S/C18H23FO2/c1-3-7-18-8-5-4-6-12(17(18)20)9-14-15(18)10-13(21-2)11-16(14)19/h10-12H,3-9H2,1-2H3. The zero-order chi connectivity index (χ0) is 15.0. The van der Waals surface area contributed by atoms with Gasteiger partial charge in [-0.3, -0.25) is 4.79 Å². The van der Waals surface area contributed by atoms with E-state index in [2.05, 4.69) is 6.92 Å². The molecule has 0 heterocycles. The highest BCUT2D eigenvalue weighted by Crippen LogP contribution is 2.49.